The zero-order valence-electron chi connectivity index (χ0n) is 10.3. The Morgan fingerprint density at radius 2 is 1.28 bits per heavy atom. The maximum absolute atomic E-state index is 9.06. The molecule has 0 saturated carbocycles. The van der Waals surface area contributed by atoms with Crippen LogP contribution in [0.15, 0.2) is 48.5 Å². The molecule has 0 saturated heterocycles. The molecule has 0 radical (unpaired) electrons. The van der Waals surface area contributed by atoms with Gasteiger partial charge in [-0.15, -0.1) is 0 Å². The van der Waals surface area contributed by atoms with Crippen LogP contribution in [0.25, 0.3) is 21.5 Å². The van der Waals surface area contributed by atoms with E-state index in [1.165, 1.54) is 27.1 Å². The summed E-state index contributed by atoms with van der Waals surface area (Å²) < 4.78 is 0. The number of rotatable bonds is 1. The summed E-state index contributed by atoms with van der Waals surface area (Å²) in [7, 11) is 0. The third-order valence-electron chi connectivity index (χ3n) is 3.57. The van der Waals surface area contributed by atoms with Crippen LogP contribution in [-0.4, -0.2) is 0 Å². The lowest BCUT2D eigenvalue weighted by Crippen LogP contribution is -1.91. The molecule has 18 heavy (non-hydrogen) atoms. The van der Waals surface area contributed by atoms with Gasteiger partial charge < -0.3 is 0 Å². The van der Waals surface area contributed by atoms with Crippen molar-refractivity contribution in [3.8, 4) is 6.07 Å². The Morgan fingerprint density at radius 3 is 1.72 bits per heavy atom. The highest BCUT2D eigenvalue weighted by molar-refractivity contribution is 6.05. The van der Waals surface area contributed by atoms with Crippen molar-refractivity contribution >= 4 is 21.5 Å². The monoisotopic (exact) mass is 231 g/mol. The Kier molecular flexibility index (Phi) is 2.50. The molecule has 86 valence electrons. The van der Waals surface area contributed by atoms with Gasteiger partial charge in [0, 0.05) is 0 Å². The molecule has 0 aliphatic rings. The van der Waals surface area contributed by atoms with Gasteiger partial charge in [0.2, 0.25) is 0 Å². The highest BCUT2D eigenvalue weighted by Crippen LogP contribution is 2.32. The molecule has 1 nitrogen and oxygen atoms in total. The topological polar surface area (TPSA) is 23.8 Å². The van der Waals surface area contributed by atoms with E-state index < -0.39 is 0 Å². The molecule has 0 aliphatic heterocycles. The van der Waals surface area contributed by atoms with Gasteiger partial charge in [0.15, 0.2) is 0 Å². The van der Waals surface area contributed by atoms with Gasteiger partial charge in [0.25, 0.3) is 0 Å². The Hall–Kier alpha value is -2.33. The SMILES string of the molecule is Cc1c2ccccc2c(CC#N)c2ccccc12. The van der Waals surface area contributed by atoms with Gasteiger partial charge in [0.1, 0.15) is 0 Å². The van der Waals surface area contributed by atoms with Crippen molar-refractivity contribution in [3.63, 3.8) is 0 Å². The van der Waals surface area contributed by atoms with Crippen molar-refractivity contribution in [2.24, 2.45) is 0 Å². The van der Waals surface area contributed by atoms with Crippen molar-refractivity contribution in [3.05, 3.63) is 59.7 Å². The molecule has 0 heterocycles. The molecule has 3 rings (SSSR count). The summed E-state index contributed by atoms with van der Waals surface area (Å²) in [6.07, 6.45) is 0.460. The fraction of sp³-hybridized carbons (Fsp3) is 0.118. The summed E-state index contributed by atoms with van der Waals surface area (Å²) in [5.74, 6) is 0. The molecule has 0 bridgehead atoms. The maximum Gasteiger partial charge on any atom is 0.0670 e. The summed E-state index contributed by atoms with van der Waals surface area (Å²) in [5.41, 5.74) is 2.44. The van der Waals surface area contributed by atoms with E-state index in [9.17, 15) is 0 Å². The fourth-order valence-corrected chi connectivity index (χ4v) is 2.71. The van der Waals surface area contributed by atoms with Crippen LogP contribution in [0.4, 0.5) is 0 Å². The number of nitrogens with zero attached hydrogens (tertiary/aromatic N) is 1. The van der Waals surface area contributed by atoms with E-state index in [0.29, 0.717) is 6.42 Å². The highest BCUT2D eigenvalue weighted by Gasteiger charge is 2.09. The van der Waals surface area contributed by atoms with E-state index in [0.717, 1.165) is 5.56 Å². The van der Waals surface area contributed by atoms with Gasteiger partial charge in [-0.3, -0.25) is 0 Å². The van der Waals surface area contributed by atoms with Gasteiger partial charge in [-0.25, -0.2) is 0 Å². The Morgan fingerprint density at radius 1 is 0.833 bits per heavy atom. The quantitative estimate of drug-likeness (QED) is 0.570. The van der Waals surface area contributed by atoms with Crippen molar-refractivity contribution in [1.82, 2.24) is 0 Å². The zero-order chi connectivity index (χ0) is 12.5. The summed E-state index contributed by atoms with van der Waals surface area (Å²) in [4.78, 5) is 0. The van der Waals surface area contributed by atoms with Crippen LogP contribution in [0, 0.1) is 18.3 Å². The van der Waals surface area contributed by atoms with Crippen LogP contribution in [0.2, 0.25) is 0 Å². The predicted molar refractivity (Wildman–Crippen MR) is 75.5 cm³/mol. The molecule has 3 aromatic rings. The average Bonchev–Trinajstić information content (AvgIpc) is 2.43. The lowest BCUT2D eigenvalue weighted by molar-refractivity contribution is 1.30. The van der Waals surface area contributed by atoms with E-state index in [-0.39, 0.29) is 0 Å². The smallest absolute Gasteiger partial charge is 0.0670 e. The number of aryl methyl sites for hydroxylation is 1. The molecule has 0 aromatic heterocycles. The predicted octanol–water partition coefficient (Wildman–Crippen LogP) is 4.37. The molecule has 0 unspecified atom stereocenters. The summed E-state index contributed by atoms with van der Waals surface area (Å²) in [5, 5.41) is 14.0. The van der Waals surface area contributed by atoms with Gasteiger partial charge in [-0.1, -0.05) is 48.5 Å². The number of hydrogen-bond acceptors (Lipinski definition) is 1. The van der Waals surface area contributed by atoms with Gasteiger partial charge in [0.05, 0.1) is 12.5 Å². The fourth-order valence-electron chi connectivity index (χ4n) is 2.71. The average molecular weight is 231 g/mol. The molecule has 1 heteroatoms. The highest BCUT2D eigenvalue weighted by atomic mass is 14.2. The number of benzene rings is 3. The normalized spacial score (nSPS) is 10.7. The lowest BCUT2D eigenvalue weighted by atomic mass is 9.91. The van der Waals surface area contributed by atoms with E-state index in [1.807, 2.05) is 12.1 Å². The molecule has 0 N–H and O–H groups in total. The molecule has 3 aromatic carbocycles. The minimum absolute atomic E-state index is 0.460. The Labute approximate surface area is 106 Å². The van der Waals surface area contributed by atoms with Crippen molar-refractivity contribution in [2.45, 2.75) is 13.3 Å². The largest absolute Gasteiger partial charge is 0.198 e. The standard InChI is InChI=1S/C17H13N/c1-12-13-6-2-4-8-15(13)17(10-11-18)16-9-5-3-7-14(12)16/h2-9H,10H2,1H3. The van der Waals surface area contributed by atoms with E-state index >= 15 is 0 Å². The second kappa shape index (κ2) is 4.16. The lowest BCUT2D eigenvalue weighted by Gasteiger charge is -2.12. The second-order valence-corrected chi connectivity index (χ2v) is 4.53. The van der Waals surface area contributed by atoms with Crippen LogP contribution in [0.3, 0.4) is 0 Å². The summed E-state index contributed by atoms with van der Waals surface area (Å²) in [6.45, 7) is 2.15. The molecular weight excluding hydrogens is 218 g/mol. The molecule has 0 atom stereocenters. The van der Waals surface area contributed by atoms with Crippen LogP contribution in [0.1, 0.15) is 11.1 Å². The van der Waals surface area contributed by atoms with Crippen LogP contribution < -0.4 is 0 Å². The molecule has 0 aliphatic carbocycles. The first kappa shape index (κ1) is 10.8. The first-order valence-corrected chi connectivity index (χ1v) is 6.09. The second-order valence-electron chi connectivity index (χ2n) is 4.53. The minimum Gasteiger partial charge on any atom is -0.198 e. The van der Waals surface area contributed by atoms with Crippen molar-refractivity contribution < 1.29 is 0 Å². The van der Waals surface area contributed by atoms with Gasteiger partial charge >= 0.3 is 0 Å². The maximum atomic E-state index is 9.06. The van der Waals surface area contributed by atoms with Crippen LogP contribution in [-0.2, 0) is 6.42 Å². The van der Waals surface area contributed by atoms with E-state index in [4.69, 9.17) is 5.26 Å². The van der Waals surface area contributed by atoms with Crippen molar-refractivity contribution in [2.75, 3.05) is 0 Å². The third-order valence-corrected chi connectivity index (χ3v) is 3.57. The Bertz CT molecular complexity index is 722. The molecular formula is C17H13N. The first-order chi connectivity index (χ1) is 8.83. The van der Waals surface area contributed by atoms with Crippen LogP contribution >= 0.6 is 0 Å². The summed E-state index contributed by atoms with van der Waals surface area (Å²) in [6, 6.07) is 19.0. The first-order valence-electron chi connectivity index (χ1n) is 6.09. The molecule has 0 amide bonds. The zero-order valence-corrected chi connectivity index (χ0v) is 10.3. The number of nitriles is 1. The molecule has 0 spiro atoms. The van der Waals surface area contributed by atoms with Crippen molar-refractivity contribution in [1.29, 1.82) is 5.26 Å². The van der Waals surface area contributed by atoms with E-state index in [1.54, 1.807) is 0 Å². The Balaban J connectivity index is 2.59. The number of fused-ring (bicyclic) bond motifs is 2. The number of hydrogen-bond donors (Lipinski definition) is 0. The van der Waals surface area contributed by atoms with Gasteiger partial charge in [-0.05, 0) is 39.6 Å². The minimum atomic E-state index is 0.460. The molecule has 0 fully saturated rings. The van der Waals surface area contributed by atoms with Gasteiger partial charge in [-0.2, -0.15) is 5.26 Å². The van der Waals surface area contributed by atoms with Crippen LogP contribution in [0.5, 0.6) is 0 Å². The third kappa shape index (κ3) is 1.47. The summed E-state index contributed by atoms with van der Waals surface area (Å²) >= 11 is 0. The van der Waals surface area contributed by atoms with E-state index in [2.05, 4.69) is 49.4 Å².